The van der Waals surface area contributed by atoms with E-state index < -0.39 is 0 Å². The van der Waals surface area contributed by atoms with Gasteiger partial charge in [0.05, 0.1) is 5.52 Å². The number of ether oxygens (including phenoxy) is 1. The summed E-state index contributed by atoms with van der Waals surface area (Å²) in [6, 6.07) is 5.48. The third-order valence-electron chi connectivity index (χ3n) is 3.56. The van der Waals surface area contributed by atoms with Crippen LogP contribution in [0.3, 0.4) is 0 Å². The van der Waals surface area contributed by atoms with Crippen molar-refractivity contribution in [1.29, 1.82) is 0 Å². The number of esters is 1. The Balaban J connectivity index is 1.79. The average molecular weight is 308 g/mol. The molecule has 2 aromatic rings. The quantitative estimate of drug-likeness (QED) is 0.518. The van der Waals surface area contributed by atoms with Crippen LogP contribution < -0.4 is 4.74 Å². The van der Waals surface area contributed by atoms with E-state index in [-0.39, 0.29) is 5.97 Å². The van der Waals surface area contributed by atoms with Crippen molar-refractivity contribution in [3.05, 3.63) is 29.4 Å². The molecule has 0 saturated heterocycles. The molecule has 0 aliphatic heterocycles. The van der Waals surface area contributed by atoms with Crippen LogP contribution in [0.5, 0.6) is 5.75 Å². The van der Waals surface area contributed by atoms with Gasteiger partial charge in [-0.1, -0.05) is 50.6 Å². The molecule has 0 aliphatic rings. The number of carbonyl (C=O) groups is 1. The molecule has 0 amide bonds. The van der Waals surface area contributed by atoms with Crippen molar-refractivity contribution in [3.8, 4) is 5.75 Å². The molecular weight excluding hydrogens is 286 g/mol. The summed E-state index contributed by atoms with van der Waals surface area (Å²) in [4.78, 5) is 14.9. The number of hydrogen-bond donors (Lipinski definition) is 1. The molecule has 2 rings (SSSR count). The summed E-state index contributed by atoms with van der Waals surface area (Å²) < 4.78 is 5.42. The number of fused-ring (bicyclic) bond motifs is 1. The summed E-state index contributed by atoms with van der Waals surface area (Å²) in [5.74, 6) is 0.416. The lowest BCUT2D eigenvalue weighted by atomic mass is 10.1. The highest BCUT2D eigenvalue weighted by Crippen LogP contribution is 2.28. The molecule has 21 heavy (non-hydrogen) atoms. The van der Waals surface area contributed by atoms with Gasteiger partial charge < -0.3 is 9.72 Å². The van der Waals surface area contributed by atoms with E-state index in [1.165, 1.54) is 25.7 Å². The fourth-order valence-corrected chi connectivity index (χ4v) is 2.55. The first kappa shape index (κ1) is 15.9. The SMILES string of the molecule is CCCCCCCCC(=O)Oc1c[nH]c2cc(Cl)ccc12. The molecule has 1 heterocycles. The molecule has 0 aliphatic carbocycles. The minimum Gasteiger partial charge on any atom is -0.424 e. The van der Waals surface area contributed by atoms with E-state index in [9.17, 15) is 4.79 Å². The van der Waals surface area contributed by atoms with Crippen LogP contribution in [0.15, 0.2) is 24.4 Å². The Morgan fingerprint density at radius 3 is 2.76 bits per heavy atom. The van der Waals surface area contributed by atoms with Gasteiger partial charge >= 0.3 is 5.97 Å². The second-order valence-corrected chi connectivity index (χ2v) is 5.77. The Hall–Kier alpha value is -1.48. The Bertz CT molecular complexity index is 591. The number of carbonyl (C=O) groups excluding carboxylic acids is 1. The van der Waals surface area contributed by atoms with Gasteiger partial charge in [-0.05, 0) is 24.6 Å². The first-order chi connectivity index (χ1) is 10.2. The predicted molar refractivity (Wildman–Crippen MR) is 86.9 cm³/mol. The van der Waals surface area contributed by atoms with Crippen LogP contribution >= 0.6 is 11.6 Å². The maximum Gasteiger partial charge on any atom is 0.311 e. The van der Waals surface area contributed by atoms with Crippen LogP contribution in [0.4, 0.5) is 0 Å². The molecule has 0 saturated carbocycles. The topological polar surface area (TPSA) is 42.1 Å². The monoisotopic (exact) mass is 307 g/mol. The Morgan fingerprint density at radius 2 is 1.95 bits per heavy atom. The second kappa shape index (κ2) is 8.08. The van der Waals surface area contributed by atoms with E-state index in [4.69, 9.17) is 16.3 Å². The van der Waals surface area contributed by atoms with Gasteiger partial charge in [-0.3, -0.25) is 4.79 Å². The predicted octanol–water partition coefficient (Wildman–Crippen LogP) is 5.48. The van der Waals surface area contributed by atoms with Crippen molar-refractivity contribution < 1.29 is 9.53 Å². The molecular formula is C17H22ClNO2. The van der Waals surface area contributed by atoms with Crippen molar-refractivity contribution in [2.75, 3.05) is 0 Å². The first-order valence-corrected chi connectivity index (χ1v) is 8.06. The molecule has 4 heteroatoms. The van der Waals surface area contributed by atoms with Crippen LogP contribution in [0.25, 0.3) is 10.9 Å². The lowest BCUT2D eigenvalue weighted by Gasteiger charge is -2.03. The van der Waals surface area contributed by atoms with Crippen molar-refractivity contribution >= 4 is 28.5 Å². The van der Waals surface area contributed by atoms with Crippen molar-refractivity contribution in [2.24, 2.45) is 0 Å². The normalized spacial score (nSPS) is 11.0. The van der Waals surface area contributed by atoms with E-state index >= 15 is 0 Å². The molecule has 1 aromatic carbocycles. The zero-order chi connectivity index (χ0) is 15.1. The summed E-state index contributed by atoms with van der Waals surface area (Å²) in [6.07, 6.45) is 9.16. The van der Waals surface area contributed by atoms with Crippen LogP contribution in [-0.4, -0.2) is 11.0 Å². The van der Waals surface area contributed by atoms with E-state index in [1.807, 2.05) is 12.1 Å². The third-order valence-corrected chi connectivity index (χ3v) is 3.80. The van der Waals surface area contributed by atoms with Gasteiger partial charge in [0.25, 0.3) is 0 Å². The number of aromatic amines is 1. The molecule has 0 fully saturated rings. The number of aromatic nitrogens is 1. The number of benzene rings is 1. The highest BCUT2D eigenvalue weighted by Gasteiger charge is 2.10. The highest BCUT2D eigenvalue weighted by molar-refractivity contribution is 6.31. The van der Waals surface area contributed by atoms with Crippen molar-refractivity contribution in [2.45, 2.75) is 51.9 Å². The smallest absolute Gasteiger partial charge is 0.311 e. The molecule has 114 valence electrons. The van der Waals surface area contributed by atoms with Crippen molar-refractivity contribution in [3.63, 3.8) is 0 Å². The summed E-state index contributed by atoms with van der Waals surface area (Å²) in [7, 11) is 0. The van der Waals surface area contributed by atoms with Crippen LogP contribution in [0.1, 0.15) is 51.9 Å². The van der Waals surface area contributed by atoms with Gasteiger partial charge in [-0.15, -0.1) is 0 Å². The molecule has 1 N–H and O–H groups in total. The Morgan fingerprint density at radius 1 is 1.19 bits per heavy atom. The van der Waals surface area contributed by atoms with Gasteiger partial charge in [0.15, 0.2) is 5.75 Å². The zero-order valence-corrected chi connectivity index (χ0v) is 13.2. The number of H-pyrrole nitrogens is 1. The maximum atomic E-state index is 11.8. The summed E-state index contributed by atoms with van der Waals surface area (Å²) >= 11 is 5.93. The van der Waals surface area contributed by atoms with Crippen molar-refractivity contribution in [1.82, 2.24) is 4.98 Å². The number of unbranched alkanes of at least 4 members (excludes halogenated alkanes) is 5. The molecule has 0 bridgehead atoms. The largest absolute Gasteiger partial charge is 0.424 e. The molecule has 1 aromatic heterocycles. The molecule has 3 nitrogen and oxygen atoms in total. The summed E-state index contributed by atoms with van der Waals surface area (Å²) in [6.45, 7) is 2.20. The fraction of sp³-hybridized carbons (Fsp3) is 0.471. The Kier molecular flexibility index (Phi) is 6.12. The van der Waals surface area contributed by atoms with E-state index in [1.54, 1.807) is 12.3 Å². The van der Waals surface area contributed by atoms with Gasteiger partial charge in [0, 0.05) is 23.0 Å². The summed E-state index contributed by atoms with van der Waals surface area (Å²) in [5.41, 5.74) is 0.880. The van der Waals surface area contributed by atoms with Gasteiger partial charge in [-0.2, -0.15) is 0 Å². The standard InChI is InChI=1S/C17H22ClNO2/c1-2-3-4-5-6-7-8-17(20)21-16-12-19-15-11-13(18)9-10-14(15)16/h9-12,19H,2-8H2,1H3. The maximum absolute atomic E-state index is 11.8. The average Bonchev–Trinajstić information content (AvgIpc) is 2.85. The van der Waals surface area contributed by atoms with Crippen LogP contribution in [0.2, 0.25) is 5.02 Å². The zero-order valence-electron chi connectivity index (χ0n) is 12.5. The van der Waals surface area contributed by atoms with E-state index in [2.05, 4.69) is 11.9 Å². The van der Waals surface area contributed by atoms with Gasteiger partial charge in [0.1, 0.15) is 0 Å². The van der Waals surface area contributed by atoms with Crippen LogP contribution in [0, 0.1) is 0 Å². The third kappa shape index (κ3) is 4.78. The van der Waals surface area contributed by atoms with Gasteiger partial charge in [0.2, 0.25) is 0 Å². The number of rotatable bonds is 8. The fourth-order valence-electron chi connectivity index (χ4n) is 2.38. The lowest BCUT2D eigenvalue weighted by molar-refractivity contribution is -0.134. The second-order valence-electron chi connectivity index (χ2n) is 5.33. The minimum absolute atomic E-state index is 0.165. The van der Waals surface area contributed by atoms with E-state index in [0.29, 0.717) is 17.2 Å². The Labute approximate surface area is 130 Å². The first-order valence-electron chi connectivity index (χ1n) is 7.68. The van der Waals surface area contributed by atoms with E-state index in [0.717, 1.165) is 23.7 Å². The molecule has 0 radical (unpaired) electrons. The number of halogens is 1. The van der Waals surface area contributed by atoms with Crippen LogP contribution in [-0.2, 0) is 4.79 Å². The number of nitrogens with one attached hydrogen (secondary N) is 1. The molecule has 0 spiro atoms. The number of hydrogen-bond acceptors (Lipinski definition) is 2. The lowest BCUT2D eigenvalue weighted by Crippen LogP contribution is -2.07. The minimum atomic E-state index is -0.165. The molecule has 0 unspecified atom stereocenters. The van der Waals surface area contributed by atoms with Gasteiger partial charge in [-0.25, -0.2) is 0 Å². The highest BCUT2D eigenvalue weighted by atomic mass is 35.5. The summed E-state index contributed by atoms with van der Waals surface area (Å²) in [5, 5.41) is 1.55. The molecule has 0 atom stereocenters.